The Labute approximate surface area is 110 Å². The molecule has 0 aliphatic heterocycles. The Hall–Kier alpha value is -2.43. The van der Waals surface area contributed by atoms with Crippen LogP contribution in [0.2, 0.25) is 0 Å². The van der Waals surface area contributed by atoms with E-state index in [0.717, 1.165) is 5.52 Å². The van der Waals surface area contributed by atoms with Crippen LogP contribution in [0, 0.1) is 0 Å². The van der Waals surface area contributed by atoms with E-state index >= 15 is 0 Å². The third-order valence-electron chi connectivity index (χ3n) is 3.03. The maximum Gasteiger partial charge on any atom is 0.336 e. The second kappa shape index (κ2) is 4.35. The summed E-state index contributed by atoms with van der Waals surface area (Å²) in [6, 6.07) is 9.27. The minimum Gasteiger partial charge on any atom is -0.273 e. The molecule has 0 aliphatic rings. The number of hydrogen-bond acceptors (Lipinski definition) is 3. The fourth-order valence-electron chi connectivity index (χ4n) is 2.22. The first-order valence-corrected chi connectivity index (χ1v) is 6.19. The standard InChI is InChI=1S/C14H14N4O/c1-10(2)17-13-11(6-5-9-16-13)18(14(17)19)12-7-3-4-8-15-12/h3-10H,1-2H3. The van der Waals surface area contributed by atoms with Crippen molar-refractivity contribution in [1.82, 2.24) is 19.1 Å². The number of fused-ring (bicyclic) bond motifs is 1. The van der Waals surface area contributed by atoms with Gasteiger partial charge in [0.15, 0.2) is 5.65 Å². The highest BCUT2D eigenvalue weighted by atomic mass is 16.2. The number of aromatic nitrogens is 4. The lowest BCUT2D eigenvalue weighted by Gasteiger charge is -2.05. The van der Waals surface area contributed by atoms with E-state index in [1.807, 2.05) is 44.2 Å². The summed E-state index contributed by atoms with van der Waals surface area (Å²) in [5.74, 6) is 0.616. The van der Waals surface area contributed by atoms with Crippen LogP contribution in [0.1, 0.15) is 19.9 Å². The quantitative estimate of drug-likeness (QED) is 0.704. The van der Waals surface area contributed by atoms with Gasteiger partial charge in [-0.3, -0.25) is 4.57 Å². The molecule has 3 rings (SSSR count). The second-order valence-corrected chi connectivity index (χ2v) is 4.62. The molecule has 0 fully saturated rings. The molecule has 0 unspecified atom stereocenters. The average Bonchev–Trinajstić information content (AvgIpc) is 2.71. The molecule has 0 radical (unpaired) electrons. The van der Waals surface area contributed by atoms with Crippen LogP contribution in [0.25, 0.3) is 17.0 Å². The first kappa shape index (κ1) is 11.6. The highest BCUT2D eigenvalue weighted by Gasteiger charge is 2.17. The minimum atomic E-state index is -0.109. The molecule has 0 atom stereocenters. The molecule has 5 heteroatoms. The smallest absolute Gasteiger partial charge is 0.273 e. The molecular formula is C14H14N4O. The van der Waals surface area contributed by atoms with Crippen LogP contribution in [-0.4, -0.2) is 19.1 Å². The van der Waals surface area contributed by atoms with Crippen molar-refractivity contribution < 1.29 is 0 Å². The van der Waals surface area contributed by atoms with Gasteiger partial charge in [-0.15, -0.1) is 0 Å². The molecule has 96 valence electrons. The monoisotopic (exact) mass is 254 g/mol. The third kappa shape index (κ3) is 1.74. The Balaban J connectivity index is 2.44. The van der Waals surface area contributed by atoms with Crippen LogP contribution in [0.3, 0.4) is 0 Å². The zero-order valence-corrected chi connectivity index (χ0v) is 10.8. The Morgan fingerprint density at radius 1 is 1.05 bits per heavy atom. The van der Waals surface area contributed by atoms with Crippen molar-refractivity contribution in [2.45, 2.75) is 19.9 Å². The summed E-state index contributed by atoms with van der Waals surface area (Å²) in [6.07, 6.45) is 3.38. The molecule has 0 aliphatic carbocycles. The van der Waals surface area contributed by atoms with Gasteiger partial charge in [-0.25, -0.2) is 19.3 Å². The van der Waals surface area contributed by atoms with E-state index in [-0.39, 0.29) is 11.7 Å². The summed E-state index contributed by atoms with van der Waals surface area (Å²) >= 11 is 0. The molecule has 5 nitrogen and oxygen atoms in total. The number of hydrogen-bond donors (Lipinski definition) is 0. The first-order valence-electron chi connectivity index (χ1n) is 6.19. The first-order chi connectivity index (χ1) is 9.20. The molecule has 3 aromatic rings. The summed E-state index contributed by atoms with van der Waals surface area (Å²) in [5.41, 5.74) is 1.36. The highest BCUT2D eigenvalue weighted by Crippen LogP contribution is 2.16. The predicted octanol–water partition coefficient (Wildman–Crippen LogP) is 2.16. The number of imidazole rings is 1. The lowest BCUT2D eigenvalue weighted by atomic mass is 10.4. The van der Waals surface area contributed by atoms with E-state index in [9.17, 15) is 4.79 Å². The van der Waals surface area contributed by atoms with Gasteiger partial charge >= 0.3 is 5.69 Å². The van der Waals surface area contributed by atoms with Gasteiger partial charge in [0.2, 0.25) is 0 Å². The maximum atomic E-state index is 12.6. The van der Waals surface area contributed by atoms with Gasteiger partial charge in [-0.05, 0) is 38.1 Å². The van der Waals surface area contributed by atoms with Gasteiger partial charge < -0.3 is 0 Å². The van der Waals surface area contributed by atoms with Crippen molar-refractivity contribution in [2.75, 3.05) is 0 Å². The van der Waals surface area contributed by atoms with Crippen molar-refractivity contribution in [3.8, 4) is 5.82 Å². The summed E-state index contributed by atoms with van der Waals surface area (Å²) < 4.78 is 3.28. The molecule has 0 bridgehead atoms. The van der Waals surface area contributed by atoms with Crippen LogP contribution in [0.5, 0.6) is 0 Å². The van der Waals surface area contributed by atoms with Crippen molar-refractivity contribution in [2.24, 2.45) is 0 Å². The molecule has 0 saturated heterocycles. The highest BCUT2D eigenvalue weighted by molar-refractivity contribution is 5.73. The Kier molecular flexibility index (Phi) is 2.67. The van der Waals surface area contributed by atoms with Crippen molar-refractivity contribution >= 4 is 11.2 Å². The van der Waals surface area contributed by atoms with Crippen molar-refractivity contribution in [3.05, 3.63) is 53.2 Å². The largest absolute Gasteiger partial charge is 0.336 e. The molecule has 0 amide bonds. The van der Waals surface area contributed by atoms with E-state index < -0.39 is 0 Å². The number of nitrogens with zero attached hydrogens (tertiary/aromatic N) is 4. The van der Waals surface area contributed by atoms with E-state index in [0.29, 0.717) is 11.5 Å². The molecule has 19 heavy (non-hydrogen) atoms. The van der Waals surface area contributed by atoms with Crippen LogP contribution in [-0.2, 0) is 0 Å². The molecule has 3 aromatic heterocycles. The SMILES string of the molecule is CC(C)n1c(=O)n(-c2ccccn2)c2cccnc21. The topological polar surface area (TPSA) is 52.7 Å². The lowest BCUT2D eigenvalue weighted by Crippen LogP contribution is -2.25. The Bertz CT molecular complexity index is 771. The summed E-state index contributed by atoms with van der Waals surface area (Å²) in [7, 11) is 0. The normalized spacial score (nSPS) is 11.3. The van der Waals surface area contributed by atoms with E-state index in [4.69, 9.17) is 0 Å². The molecule has 0 spiro atoms. The molecule has 0 aromatic carbocycles. The predicted molar refractivity (Wildman–Crippen MR) is 73.5 cm³/mol. The zero-order valence-electron chi connectivity index (χ0n) is 10.8. The summed E-state index contributed by atoms with van der Waals surface area (Å²) in [6.45, 7) is 3.94. The van der Waals surface area contributed by atoms with Gasteiger partial charge in [0.1, 0.15) is 5.82 Å². The van der Waals surface area contributed by atoms with Crippen LogP contribution in [0.4, 0.5) is 0 Å². The van der Waals surface area contributed by atoms with Crippen LogP contribution in [0.15, 0.2) is 47.5 Å². The number of pyridine rings is 2. The fraction of sp³-hybridized carbons (Fsp3) is 0.214. The molecule has 3 heterocycles. The van der Waals surface area contributed by atoms with Gasteiger partial charge in [-0.1, -0.05) is 6.07 Å². The molecule has 0 N–H and O–H groups in total. The van der Waals surface area contributed by atoms with Gasteiger partial charge in [-0.2, -0.15) is 0 Å². The maximum absolute atomic E-state index is 12.6. The Morgan fingerprint density at radius 2 is 1.84 bits per heavy atom. The molecule has 0 saturated carbocycles. The van der Waals surface area contributed by atoms with Crippen molar-refractivity contribution in [3.63, 3.8) is 0 Å². The average molecular weight is 254 g/mol. The second-order valence-electron chi connectivity index (χ2n) is 4.62. The zero-order chi connectivity index (χ0) is 13.4. The fourth-order valence-corrected chi connectivity index (χ4v) is 2.22. The van der Waals surface area contributed by atoms with Gasteiger partial charge in [0, 0.05) is 18.4 Å². The molecular weight excluding hydrogens is 240 g/mol. The van der Waals surface area contributed by atoms with E-state index in [2.05, 4.69) is 9.97 Å². The van der Waals surface area contributed by atoms with Gasteiger partial charge in [0.05, 0.1) is 5.52 Å². The third-order valence-corrected chi connectivity index (χ3v) is 3.03. The van der Waals surface area contributed by atoms with Gasteiger partial charge in [0.25, 0.3) is 0 Å². The minimum absolute atomic E-state index is 0.0508. The Morgan fingerprint density at radius 3 is 2.53 bits per heavy atom. The number of rotatable bonds is 2. The van der Waals surface area contributed by atoms with Crippen LogP contribution < -0.4 is 5.69 Å². The lowest BCUT2D eigenvalue weighted by molar-refractivity contribution is 0.585. The summed E-state index contributed by atoms with van der Waals surface area (Å²) in [4.78, 5) is 21.2. The van der Waals surface area contributed by atoms with Crippen molar-refractivity contribution in [1.29, 1.82) is 0 Å². The van der Waals surface area contributed by atoms with E-state index in [1.54, 1.807) is 21.5 Å². The van der Waals surface area contributed by atoms with E-state index in [1.165, 1.54) is 0 Å². The van der Waals surface area contributed by atoms with Crippen LogP contribution >= 0.6 is 0 Å². The summed E-state index contributed by atoms with van der Waals surface area (Å²) in [5, 5.41) is 0.